The molecule has 24 heavy (non-hydrogen) atoms. The van der Waals surface area contributed by atoms with E-state index in [4.69, 9.17) is 13.9 Å². The van der Waals surface area contributed by atoms with Gasteiger partial charge in [0.15, 0.2) is 11.5 Å². The van der Waals surface area contributed by atoms with Crippen LogP contribution in [0.2, 0.25) is 0 Å². The molecule has 0 spiro atoms. The number of anilines is 1. The maximum atomic E-state index is 5.85. The molecular weight excluding hydrogens is 310 g/mol. The number of rotatable bonds is 4. The molecule has 0 saturated heterocycles. The predicted molar refractivity (Wildman–Crippen MR) is 84.9 cm³/mol. The molecule has 3 heterocycles. The van der Waals surface area contributed by atoms with Crippen molar-refractivity contribution in [3.05, 3.63) is 47.6 Å². The molecule has 1 aromatic carbocycles. The molecule has 2 aromatic heterocycles. The SMILES string of the molecule is Cc1c(CNc2nnc(C3COc4ccccc4O3)o2)cnn1C. The van der Waals surface area contributed by atoms with Crippen LogP contribution in [-0.2, 0) is 13.6 Å². The average molecular weight is 327 g/mol. The molecule has 1 N–H and O–H groups in total. The van der Waals surface area contributed by atoms with Crippen LogP contribution in [0.4, 0.5) is 6.01 Å². The average Bonchev–Trinajstić information content (AvgIpc) is 3.21. The topological polar surface area (TPSA) is 87.2 Å². The number of nitrogens with one attached hydrogen (secondary N) is 1. The molecule has 8 nitrogen and oxygen atoms in total. The van der Waals surface area contributed by atoms with Crippen LogP contribution in [0, 0.1) is 6.92 Å². The summed E-state index contributed by atoms with van der Waals surface area (Å²) in [5.41, 5.74) is 2.16. The van der Waals surface area contributed by atoms with E-state index in [1.165, 1.54) is 0 Å². The lowest BCUT2D eigenvalue weighted by molar-refractivity contribution is 0.0717. The normalized spacial score (nSPS) is 16.2. The van der Waals surface area contributed by atoms with Gasteiger partial charge in [-0.1, -0.05) is 17.2 Å². The minimum absolute atomic E-state index is 0.334. The van der Waals surface area contributed by atoms with Gasteiger partial charge in [0.1, 0.15) is 6.61 Å². The van der Waals surface area contributed by atoms with Crippen LogP contribution in [0.5, 0.6) is 11.5 Å². The van der Waals surface area contributed by atoms with E-state index >= 15 is 0 Å². The fraction of sp³-hybridized carbons (Fsp3) is 0.312. The van der Waals surface area contributed by atoms with E-state index in [0.717, 1.165) is 17.0 Å². The van der Waals surface area contributed by atoms with Crippen LogP contribution < -0.4 is 14.8 Å². The number of aryl methyl sites for hydroxylation is 1. The van der Waals surface area contributed by atoms with Crippen molar-refractivity contribution in [2.45, 2.75) is 19.6 Å². The maximum absolute atomic E-state index is 5.85. The third-order valence-corrected chi connectivity index (χ3v) is 3.99. The number of nitrogens with zero attached hydrogens (tertiary/aromatic N) is 4. The number of ether oxygens (including phenoxy) is 2. The van der Waals surface area contributed by atoms with Gasteiger partial charge < -0.3 is 19.2 Å². The predicted octanol–water partition coefficient (Wildman–Crippen LogP) is 2.24. The van der Waals surface area contributed by atoms with Crippen molar-refractivity contribution < 1.29 is 13.9 Å². The van der Waals surface area contributed by atoms with E-state index in [2.05, 4.69) is 20.6 Å². The first-order valence-electron chi connectivity index (χ1n) is 7.64. The van der Waals surface area contributed by atoms with Crippen molar-refractivity contribution >= 4 is 6.01 Å². The molecule has 0 bridgehead atoms. The van der Waals surface area contributed by atoms with Crippen molar-refractivity contribution in [1.82, 2.24) is 20.0 Å². The first kappa shape index (κ1) is 14.6. The highest BCUT2D eigenvalue weighted by atomic mass is 16.6. The van der Waals surface area contributed by atoms with E-state index in [1.54, 1.807) is 0 Å². The van der Waals surface area contributed by atoms with Gasteiger partial charge in [-0.3, -0.25) is 4.68 Å². The van der Waals surface area contributed by atoms with Crippen molar-refractivity contribution in [3.63, 3.8) is 0 Å². The first-order chi connectivity index (χ1) is 11.7. The Bertz CT molecular complexity index is 857. The van der Waals surface area contributed by atoms with E-state index in [9.17, 15) is 0 Å². The van der Waals surface area contributed by atoms with E-state index in [0.29, 0.717) is 30.8 Å². The quantitative estimate of drug-likeness (QED) is 0.786. The number of fused-ring (bicyclic) bond motifs is 1. The molecule has 8 heteroatoms. The number of hydrogen-bond acceptors (Lipinski definition) is 7. The van der Waals surface area contributed by atoms with Crippen LogP contribution in [0.3, 0.4) is 0 Å². The van der Waals surface area contributed by atoms with Gasteiger partial charge in [0.05, 0.1) is 6.20 Å². The lowest BCUT2D eigenvalue weighted by Gasteiger charge is -2.23. The lowest BCUT2D eigenvalue weighted by atomic mass is 10.2. The summed E-state index contributed by atoms with van der Waals surface area (Å²) in [5, 5.41) is 15.4. The Balaban J connectivity index is 1.43. The largest absolute Gasteiger partial charge is 0.485 e. The summed E-state index contributed by atoms with van der Waals surface area (Å²) in [6, 6.07) is 7.85. The van der Waals surface area contributed by atoms with Crippen molar-refractivity contribution in [1.29, 1.82) is 0 Å². The molecule has 0 saturated carbocycles. The highest BCUT2D eigenvalue weighted by Crippen LogP contribution is 2.35. The second-order valence-corrected chi connectivity index (χ2v) is 5.54. The van der Waals surface area contributed by atoms with Crippen LogP contribution in [0.15, 0.2) is 34.9 Å². The fourth-order valence-corrected chi connectivity index (χ4v) is 2.47. The number of hydrogen-bond donors (Lipinski definition) is 1. The maximum Gasteiger partial charge on any atom is 0.315 e. The number of para-hydroxylation sites is 2. The highest BCUT2D eigenvalue weighted by Gasteiger charge is 2.27. The van der Waals surface area contributed by atoms with Crippen molar-refractivity contribution in [2.24, 2.45) is 7.05 Å². The van der Waals surface area contributed by atoms with Crippen molar-refractivity contribution in [2.75, 3.05) is 11.9 Å². The third kappa shape index (κ3) is 2.66. The molecule has 3 aromatic rings. The van der Waals surface area contributed by atoms with Crippen molar-refractivity contribution in [3.8, 4) is 11.5 Å². The first-order valence-corrected chi connectivity index (χ1v) is 7.64. The molecular formula is C16H17N5O3. The second-order valence-electron chi connectivity index (χ2n) is 5.54. The Morgan fingerprint density at radius 1 is 1.25 bits per heavy atom. The zero-order valence-corrected chi connectivity index (χ0v) is 13.4. The van der Waals surface area contributed by atoms with Crippen LogP contribution in [0.1, 0.15) is 23.3 Å². The van der Waals surface area contributed by atoms with Gasteiger partial charge in [-0.05, 0) is 19.1 Å². The minimum atomic E-state index is -0.414. The van der Waals surface area contributed by atoms with Gasteiger partial charge >= 0.3 is 6.01 Å². The molecule has 0 amide bonds. The highest BCUT2D eigenvalue weighted by molar-refractivity contribution is 5.41. The molecule has 1 unspecified atom stereocenters. The summed E-state index contributed by atoms with van der Waals surface area (Å²) in [4.78, 5) is 0. The number of aromatic nitrogens is 4. The van der Waals surface area contributed by atoms with E-state index in [-0.39, 0.29) is 0 Å². The summed E-state index contributed by atoms with van der Waals surface area (Å²) in [7, 11) is 1.90. The van der Waals surface area contributed by atoms with Gasteiger partial charge in [0, 0.05) is 24.8 Å². The Labute approximate surface area is 138 Å². The van der Waals surface area contributed by atoms with Gasteiger partial charge in [-0.2, -0.15) is 5.10 Å². The summed E-state index contributed by atoms with van der Waals surface area (Å²) in [6.07, 6.45) is 1.40. The number of benzene rings is 1. The van der Waals surface area contributed by atoms with Crippen LogP contribution in [0.25, 0.3) is 0 Å². The monoisotopic (exact) mass is 327 g/mol. The molecule has 124 valence electrons. The molecule has 1 aliphatic heterocycles. The lowest BCUT2D eigenvalue weighted by Crippen LogP contribution is -2.21. The Kier molecular flexibility index (Phi) is 3.56. The molecule has 0 fully saturated rings. The molecule has 0 radical (unpaired) electrons. The molecule has 1 atom stereocenters. The van der Waals surface area contributed by atoms with Crippen LogP contribution in [-0.4, -0.2) is 26.6 Å². The van der Waals surface area contributed by atoms with Gasteiger partial charge in [0.25, 0.3) is 5.89 Å². The fourth-order valence-electron chi connectivity index (χ4n) is 2.47. The van der Waals surface area contributed by atoms with Gasteiger partial charge in [-0.25, -0.2) is 0 Å². The minimum Gasteiger partial charge on any atom is -0.485 e. The second kappa shape index (κ2) is 5.88. The molecule has 1 aliphatic rings. The summed E-state index contributed by atoms with van der Waals surface area (Å²) in [6.45, 7) is 2.90. The zero-order valence-electron chi connectivity index (χ0n) is 13.4. The summed E-state index contributed by atoms with van der Waals surface area (Å²) in [5.74, 6) is 1.78. The smallest absolute Gasteiger partial charge is 0.315 e. The van der Waals surface area contributed by atoms with E-state index < -0.39 is 6.10 Å². The zero-order chi connectivity index (χ0) is 16.5. The standard InChI is InChI=1S/C16H17N5O3/c1-10-11(8-18-21(10)2)7-17-16-20-19-15(24-16)14-9-22-12-5-3-4-6-13(12)23-14/h3-6,8,14H,7,9H2,1-2H3,(H,17,20). The van der Waals surface area contributed by atoms with Gasteiger partial charge in [0.2, 0.25) is 6.10 Å². The third-order valence-electron chi connectivity index (χ3n) is 3.99. The van der Waals surface area contributed by atoms with E-state index in [1.807, 2.05) is 49.1 Å². The van der Waals surface area contributed by atoms with Crippen LogP contribution >= 0.6 is 0 Å². The summed E-state index contributed by atoms with van der Waals surface area (Å²) < 4.78 is 19.0. The Morgan fingerprint density at radius 2 is 2.08 bits per heavy atom. The van der Waals surface area contributed by atoms with Gasteiger partial charge in [-0.15, -0.1) is 5.10 Å². The molecule has 0 aliphatic carbocycles. The Hall–Kier alpha value is -3.03. The Morgan fingerprint density at radius 3 is 2.88 bits per heavy atom. The molecule has 4 rings (SSSR count). The summed E-state index contributed by atoms with van der Waals surface area (Å²) >= 11 is 0.